The molecule has 4 nitrogen and oxygen atoms in total. The molecule has 1 aliphatic heterocycles. The molecule has 1 saturated carbocycles. The fraction of sp³-hybridized carbons (Fsp3) is 0.529. The standard InChI is InChI=1S/C17H22N2O2/c1-11-5-3-4-6-15(11)12(2)18-17(21)13-9-16(20)19(10-13)14-7-8-14/h3-6,12-14H,7-10H2,1-2H3,(H,18,21)/t12-,13+/m1/s1. The second kappa shape index (κ2) is 5.51. The van der Waals surface area contributed by atoms with E-state index in [2.05, 4.69) is 5.32 Å². The number of carbonyl (C=O) groups is 2. The number of nitrogens with one attached hydrogen (secondary N) is 1. The Morgan fingerprint density at radius 2 is 2.05 bits per heavy atom. The van der Waals surface area contributed by atoms with Crippen molar-refractivity contribution >= 4 is 11.8 Å². The number of likely N-dealkylation sites (tertiary alicyclic amines) is 1. The molecule has 2 atom stereocenters. The third-order valence-electron chi connectivity index (χ3n) is 4.53. The molecule has 1 N–H and O–H groups in total. The van der Waals surface area contributed by atoms with Gasteiger partial charge in [0.25, 0.3) is 0 Å². The zero-order valence-corrected chi connectivity index (χ0v) is 12.6. The van der Waals surface area contributed by atoms with E-state index < -0.39 is 0 Å². The van der Waals surface area contributed by atoms with Gasteiger partial charge in [0.05, 0.1) is 12.0 Å². The highest BCUT2D eigenvalue weighted by Gasteiger charge is 2.41. The molecule has 1 aromatic carbocycles. The Bertz CT molecular complexity index is 566. The number of carbonyl (C=O) groups excluding carboxylic acids is 2. The summed E-state index contributed by atoms with van der Waals surface area (Å²) in [7, 11) is 0. The van der Waals surface area contributed by atoms with Gasteiger partial charge in [-0.05, 0) is 37.8 Å². The van der Waals surface area contributed by atoms with E-state index in [-0.39, 0.29) is 23.8 Å². The summed E-state index contributed by atoms with van der Waals surface area (Å²) in [4.78, 5) is 26.2. The van der Waals surface area contributed by atoms with Crippen LogP contribution in [0.4, 0.5) is 0 Å². The Morgan fingerprint density at radius 3 is 2.71 bits per heavy atom. The Morgan fingerprint density at radius 1 is 1.33 bits per heavy atom. The highest BCUT2D eigenvalue weighted by molar-refractivity contribution is 5.89. The molecule has 1 saturated heterocycles. The third-order valence-corrected chi connectivity index (χ3v) is 4.53. The predicted octanol–water partition coefficient (Wildman–Crippen LogP) is 2.18. The Labute approximate surface area is 125 Å². The van der Waals surface area contributed by atoms with Crippen molar-refractivity contribution in [3.8, 4) is 0 Å². The molecule has 4 heteroatoms. The third kappa shape index (κ3) is 2.94. The minimum atomic E-state index is -0.190. The van der Waals surface area contributed by atoms with E-state index in [9.17, 15) is 9.59 Å². The van der Waals surface area contributed by atoms with E-state index in [0.29, 0.717) is 19.0 Å². The molecule has 0 spiro atoms. The van der Waals surface area contributed by atoms with Crippen LogP contribution in [0.1, 0.15) is 43.4 Å². The molecule has 0 aromatic heterocycles. The summed E-state index contributed by atoms with van der Waals surface area (Å²) in [5, 5.41) is 3.06. The first-order valence-corrected chi connectivity index (χ1v) is 7.71. The molecule has 3 rings (SSSR count). The van der Waals surface area contributed by atoms with Crippen LogP contribution in [0.2, 0.25) is 0 Å². The quantitative estimate of drug-likeness (QED) is 0.922. The van der Waals surface area contributed by atoms with Crippen molar-refractivity contribution < 1.29 is 9.59 Å². The summed E-state index contributed by atoms with van der Waals surface area (Å²) in [6, 6.07) is 8.45. The first-order valence-electron chi connectivity index (χ1n) is 7.71. The number of aryl methyl sites for hydroxylation is 1. The highest BCUT2D eigenvalue weighted by Crippen LogP contribution is 2.32. The van der Waals surface area contributed by atoms with Crippen LogP contribution in [0.3, 0.4) is 0 Å². The SMILES string of the molecule is Cc1ccccc1[C@@H](C)NC(=O)[C@H]1CC(=O)N(C2CC2)C1. The molecule has 1 heterocycles. The maximum absolute atomic E-state index is 12.4. The number of rotatable bonds is 4. The van der Waals surface area contributed by atoms with E-state index >= 15 is 0 Å². The summed E-state index contributed by atoms with van der Waals surface area (Å²) in [5.74, 6) is -0.0481. The van der Waals surface area contributed by atoms with Gasteiger partial charge in [0, 0.05) is 19.0 Å². The van der Waals surface area contributed by atoms with Crippen molar-refractivity contribution in [2.45, 2.75) is 45.2 Å². The van der Waals surface area contributed by atoms with Crippen LogP contribution in [0, 0.1) is 12.8 Å². The fourth-order valence-corrected chi connectivity index (χ4v) is 3.13. The summed E-state index contributed by atoms with van der Waals surface area (Å²) >= 11 is 0. The molecule has 0 bridgehead atoms. The number of hydrogen-bond donors (Lipinski definition) is 1. The second-order valence-corrected chi connectivity index (χ2v) is 6.27. The summed E-state index contributed by atoms with van der Waals surface area (Å²) in [5.41, 5.74) is 2.31. The Balaban J connectivity index is 1.61. The summed E-state index contributed by atoms with van der Waals surface area (Å²) < 4.78 is 0. The molecular formula is C17H22N2O2. The van der Waals surface area contributed by atoms with Gasteiger partial charge in [-0.25, -0.2) is 0 Å². The normalized spacial score (nSPS) is 23.2. The van der Waals surface area contributed by atoms with Crippen LogP contribution >= 0.6 is 0 Å². The Hall–Kier alpha value is -1.84. The minimum Gasteiger partial charge on any atom is -0.349 e. The molecule has 2 aliphatic rings. The van der Waals surface area contributed by atoms with Crippen LogP contribution in [0.25, 0.3) is 0 Å². The van der Waals surface area contributed by atoms with E-state index in [0.717, 1.165) is 18.4 Å². The van der Waals surface area contributed by atoms with Gasteiger partial charge >= 0.3 is 0 Å². The zero-order valence-electron chi connectivity index (χ0n) is 12.6. The lowest BCUT2D eigenvalue weighted by Crippen LogP contribution is -2.35. The number of amides is 2. The smallest absolute Gasteiger partial charge is 0.225 e. The predicted molar refractivity (Wildman–Crippen MR) is 80.6 cm³/mol. The van der Waals surface area contributed by atoms with Crippen LogP contribution in [0.5, 0.6) is 0 Å². The van der Waals surface area contributed by atoms with Crippen molar-refractivity contribution in [1.82, 2.24) is 10.2 Å². The van der Waals surface area contributed by atoms with Gasteiger partial charge in [0.1, 0.15) is 0 Å². The van der Waals surface area contributed by atoms with Gasteiger partial charge < -0.3 is 10.2 Å². The fourth-order valence-electron chi connectivity index (χ4n) is 3.13. The maximum Gasteiger partial charge on any atom is 0.225 e. The first kappa shape index (κ1) is 14.1. The molecular weight excluding hydrogens is 264 g/mol. The molecule has 1 aromatic rings. The van der Waals surface area contributed by atoms with E-state index in [4.69, 9.17) is 0 Å². The number of hydrogen-bond acceptors (Lipinski definition) is 2. The molecule has 0 radical (unpaired) electrons. The topological polar surface area (TPSA) is 49.4 Å². The maximum atomic E-state index is 12.4. The minimum absolute atomic E-state index is 0.00209. The van der Waals surface area contributed by atoms with Crippen molar-refractivity contribution in [1.29, 1.82) is 0 Å². The second-order valence-electron chi connectivity index (χ2n) is 6.27. The van der Waals surface area contributed by atoms with Crippen LogP contribution in [0.15, 0.2) is 24.3 Å². The van der Waals surface area contributed by atoms with Crippen molar-refractivity contribution in [3.63, 3.8) is 0 Å². The summed E-state index contributed by atoms with van der Waals surface area (Å²) in [6.07, 6.45) is 2.56. The lowest BCUT2D eigenvalue weighted by atomic mass is 10.0. The van der Waals surface area contributed by atoms with Gasteiger partial charge in [-0.3, -0.25) is 9.59 Å². The van der Waals surface area contributed by atoms with Crippen molar-refractivity contribution in [2.75, 3.05) is 6.54 Å². The van der Waals surface area contributed by atoms with Crippen molar-refractivity contribution in [3.05, 3.63) is 35.4 Å². The lowest BCUT2D eigenvalue weighted by molar-refractivity contribution is -0.129. The van der Waals surface area contributed by atoms with Crippen LogP contribution in [-0.4, -0.2) is 29.3 Å². The number of benzene rings is 1. The molecule has 112 valence electrons. The van der Waals surface area contributed by atoms with E-state index in [1.54, 1.807) is 0 Å². The Kier molecular flexibility index (Phi) is 3.70. The van der Waals surface area contributed by atoms with Gasteiger partial charge in [0.15, 0.2) is 0 Å². The highest BCUT2D eigenvalue weighted by atomic mass is 16.2. The average Bonchev–Trinajstić information content (AvgIpc) is 3.22. The zero-order chi connectivity index (χ0) is 15.0. The van der Waals surface area contributed by atoms with Crippen LogP contribution in [-0.2, 0) is 9.59 Å². The monoisotopic (exact) mass is 286 g/mol. The molecule has 0 unspecified atom stereocenters. The van der Waals surface area contributed by atoms with Gasteiger partial charge in [0.2, 0.25) is 11.8 Å². The van der Waals surface area contributed by atoms with Crippen LogP contribution < -0.4 is 5.32 Å². The van der Waals surface area contributed by atoms with E-state index in [1.807, 2.05) is 43.0 Å². The molecule has 2 amide bonds. The average molecular weight is 286 g/mol. The largest absolute Gasteiger partial charge is 0.349 e. The lowest BCUT2D eigenvalue weighted by Gasteiger charge is -2.19. The van der Waals surface area contributed by atoms with Gasteiger partial charge in [-0.2, -0.15) is 0 Å². The first-order chi connectivity index (χ1) is 10.1. The van der Waals surface area contributed by atoms with E-state index in [1.165, 1.54) is 5.56 Å². The molecule has 1 aliphatic carbocycles. The van der Waals surface area contributed by atoms with Gasteiger partial charge in [-0.15, -0.1) is 0 Å². The van der Waals surface area contributed by atoms with Gasteiger partial charge in [-0.1, -0.05) is 24.3 Å². The number of nitrogens with zero attached hydrogens (tertiary/aromatic N) is 1. The summed E-state index contributed by atoms with van der Waals surface area (Å²) in [6.45, 7) is 4.64. The van der Waals surface area contributed by atoms with Crippen molar-refractivity contribution in [2.24, 2.45) is 5.92 Å². The molecule has 2 fully saturated rings. The molecule has 21 heavy (non-hydrogen) atoms.